The van der Waals surface area contributed by atoms with Crippen LogP contribution < -0.4 is 0 Å². The Morgan fingerprint density at radius 2 is 1.93 bits per heavy atom. The van der Waals surface area contributed by atoms with Gasteiger partial charge < -0.3 is 4.43 Å². The Bertz CT molecular complexity index is 152. The Balaban J connectivity index is 3.19. The van der Waals surface area contributed by atoms with Crippen molar-refractivity contribution in [1.29, 1.82) is 0 Å². The fraction of sp³-hybridized carbons (Fsp3) is 0.909. The molecule has 0 unspecified atom stereocenters. The highest BCUT2D eigenvalue weighted by Gasteiger charge is 2.12. The van der Waals surface area contributed by atoms with Crippen molar-refractivity contribution in [1.82, 2.24) is 0 Å². The van der Waals surface area contributed by atoms with E-state index in [0.29, 0.717) is 0 Å². The van der Waals surface area contributed by atoms with Gasteiger partial charge in [-0.15, -0.1) is 0 Å². The molecule has 0 aromatic heterocycles. The van der Waals surface area contributed by atoms with Gasteiger partial charge in [0.15, 0.2) is 8.32 Å². The number of rotatable bonds is 8. The molecule has 0 bridgehead atoms. The van der Waals surface area contributed by atoms with Crippen molar-refractivity contribution in [2.24, 2.45) is 4.99 Å². The zero-order valence-corrected chi connectivity index (χ0v) is 11.2. The van der Waals surface area contributed by atoms with E-state index in [1.165, 1.54) is 19.3 Å². The van der Waals surface area contributed by atoms with Gasteiger partial charge in [-0.1, -0.05) is 19.8 Å². The van der Waals surface area contributed by atoms with Crippen LogP contribution in [0.2, 0.25) is 19.6 Å². The maximum absolute atomic E-state index is 5.68. The van der Waals surface area contributed by atoms with Crippen molar-refractivity contribution in [3.05, 3.63) is 0 Å². The van der Waals surface area contributed by atoms with Crippen LogP contribution in [0.4, 0.5) is 0 Å². The van der Waals surface area contributed by atoms with Crippen molar-refractivity contribution in [3.63, 3.8) is 0 Å². The van der Waals surface area contributed by atoms with Crippen LogP contribution >= 0.6 is 0 Å². The average molecular weight is 215 g/mol. The van der Waals surface area contributed by atoms with Gasteiger partial charge >= 0.3 is 0 Å². The Morgan fingerprint density at radius 1 is 1.21 bits per heavy atom. The molecule has 0 aromatic rings. The summed E-state index contributed by atoms with van der Waals surface area (Å²) < 4.78 is 5.68. The van der Waals surface area contributed by atoms with Crippen LogP contribution in [0.5, 0.6) is 0 Å². The topological polar surface area (TPSA) is 21.6 Å². The lowest BCUT2D eigenvalue weighted by molar-refractivity contribution is 0.323. The molecule has 0 atom stereocenters. The molecule has 0 N–H and O–H groups in total. The molecule has 0 radical (unpaired) electrons. The van der Waals surface area contributed by atoms with E-state index < -0.39 is 8.32 Å². The molecular weight excluding hydrogens is 190 g/mol. The summed E-state index contributed by atoms with van der Waals surface area (Å²) in [5.74, 6) is 0. The predicted molar refractivity (Wildman–Crippen MR) is 66.8 cm³/mol. The largest absolute Gasteiger partial charge is 0.416 e. The Kier molecular flexibility index (Phi) is 8.09. The van der Waals surface area contributed by atoms with Gasteiger partial charge in [-0.05, 0) is 38.7 Å². The molecule has 0 rings (SSSR count). The molecule has 84 valence electrons. The molecule has 0 spiro atoms. The summed E-state index contributed by atoms with van der Waals surface area (Å²) >= 11 is 0. The van der Waals surface area contributed by atoms with E-state index in [9.17, 15) is 0 Å². The molecule has 0 saturated carbocycles. The molecule has 0 aromatic carbocycles. The third-order valence-corrected chi connectivity index (χ3v) is 2.89. The molecular formula is C11H25NOSi. The zero-order chi connectivity index (χ0) is 10.9. The number of hydrogen-bond acceptors (Lipinski definition) is 2. The van der Waals surface area contributed by atoms with E-state index in [1.54, 1.807) is 0 Å². The molecule has 0 aliphatic rings. The van der Waals surface area contributed by atoms with E-state index in [0.717, 1.165) is 19.6 Å². The third-order valence-electron chi connectivity index (χ3n) is 1.82. The minimum absolute atomic E-state index is 0.792. The number of unbranched alkanes of at least 4 members (excludes halogenated alkanes) is 3. The number of nitrogens with zero attached hydrogens (tertiary/aromatic N) is 1. The number of hydrogen-bond donors (Lipinski definition) is 0. The maximum atomic E-state index is 5.68. The highest BCUT2D eigenvalue weighted by atomic mass is 28.4. The van der Waals surface area contributed by atoms with E-state index in [2.05, 4.69) is 31.6 Å². The summed E-state index contributed by atoms with van der Waals surface area (Å²) in [5.41, 5.74) is 0. The first kappa shape index (κ1) is 13.8. The fourth-order valence-electron chi connectivity index (χ4n) is 1.07. The monoisotopic (exact) mass is 215 g/mol. The standard InChI is InChI=1S/C11H25NOSi/c1-5-6-7-8-9-12-10-11-13-14(2,3)4/h9H,5-8,10-11H2,1-4H3. The quantitative estimate of drug-likeness (QED) is 0.345. The van der Waals surface area contributed by atoms with Gasteiger partial charge in [-0.25, -0.2) is 0 Å². The lowest BCUT2D eigenvalue weighted by Crippen LogP contribution is -2.26. The molecule has 0 amide bonds. The summed E-state index contributed by atoms with van der Waals surface area (Å²) in [6, 6.07) is 0. The minimum Gasteiger partial charge on any atom is -0.416 e. The molecule has 0 fully saturated rings. The zero-order valence-electron chi connectivity index (χ0n) is 10.2. The summed E-state index contributed by atoms with van der Waals surface area (Å²) in [4.78, 5) is 4.32. The second kappa shape index (κ2) is 8.18. The van der Waals surface area contributed by atoms with Crippen LogP contribution in [0.3, 0.4) is 0 Å². The third kappa shape index (κ3) is 11.8. The van der Waals surface area contributed by atoms with Crippen LogP contribution in [0, 0.1) is 0 Å². The SMILES string of the molecule is CCCCCC=NCCO[Si](C)(C)C. The van der Waals surface area contributed by atoms with E-state index >= 15 is 0 Å². The Morgan fingerprint density at radius 3 is 2.50 bits per heavy atom. The van der Waals surface area contributed by atoms with Gasteiger partial charge in [0.1, 0.15) is 0 Å². The molecule has 0 aliphatic heterocycles. The van der Waals surface area contributed by atoms with Gasteiger partial charge in [-0.3, -0.25) is 4.99 Å². The maximum Gasteiger partial charge on any atom is 0.183 e. The number of aliphatic imine (C=N–C) groups is 1. The smallest absolute Gasteiger partial charge is 0.183 e. The van der Waals surface area contributed by atoms with Gasteiger partial charge in [0.25, 0.3) is 0 Å². The molecule has 3 heteroatoms. The minimum atomic E-state index is -1.31. The normalized spacial score (nSPS) is 12.6. The lowest BCUT2D eigenvalue weighted by Gasteiger charge is -2.15. The summed E-state index contributed by atoms with van der Waals surface area (Å²) in [6.07, 6.45) is 7.04. The van der Waals surface area contributed by atoms with Crippen LogP contribution in [0.1, 0.15) is 32.6 Å². The van der Waals surface area contributed by atoms with Crippen LogP contribution in [0.25, 0.3) is 0 Å². The summed E-state index contributed by atoms with van der Waals surface area (Å²) in [5, 5.41) is 0. The van der Waals surface area contributed by atoms with Crippen LogP contribution in [0.15, 0.2) is 4.99 Å². The van der Waals surface area contributed by atoms with E-state index in [1.807, 2.05) is 6.21 Å². The van der Waals surface area contributed by atoms with Gasteiger partial charge in [-0.2, -0.15) is 0 Å². The van der Waals surface area contributed by atoms with Crippen molar-refractivity contribution in [2.75, 3.05) is 13.2 Å². The molecule has 0 aliphatic carbocycles. The van der Waals surface area contributed by atoms with Gasteiger partial charge in [0.2, 0.25) is 0 Å². The van der Waals surface area contributed by atoms with E-state index in [-0.39, 0.29) is 0 Å². The Labute approximate surface area is 89.9 Å². The van der Waals surface area contributed by atoms with Crippen molar-refractivity contribution in [3.8, 4) is 0 Å². The highest BCUT2D eigenvalue weighted by molar-refractivity contribution is 6.69. The molecule has 0 saturated heterocycles. The summed E-state index contributed by atoms with van der Waals surface area (Å²) in [6.45, 7) is 10.5. The first-order chi connectivity index (χ1) is 6.56. The first-order valence-electron chi connectivity index (χ1n) is 5.68. The van der Waals surface area contributed by atoms with Crippen molar-refractivity contribution >= 4 is 14.5 Å². The average Bonchev–Trinajstić information content (AvgIpc) is 2.08. The molecule has 0 heterocycles. The second-order valence-corrected chi connectivity index (χ2v) is 9.06. The lowest BCUT2D eigenvalue weighted by atomic mass is 10.2. The first-order valence-corrected chi connectivity index (χ1v) is 9.09. The summed E-state index contributed by atoms with van der Waals surface area (Å²) in [7, 11) is -1.31. The van der Waals surface area contributed by atoms with Crippen LogP contribution in [-0.2, 0) is 4.43 Å². The fourth-order valence-corrected chi connectivity index (χ4v) is 1.78. The molecule has 2 nitrogen and oxygen atoms in total. The van der Waals surface area contributed by atoms with Crippen molar-refractivity contribution in [2.45, 2.75) is 52.2 Å². The Hall–Kier alpha value is -0.153. The second-order valence-electron chi connectivity index (χ2n) is 4.55. The van der Waals surface area contributed by atoms with Gasteiger partial charge in [0, 0.05) is 0 Å². The van der Waals surface area contributed by atoms with E-state index in [4.69, 9.17) is 4.43 Å². The van der Waals surface area contributed by atoms with Crippen LogP contribution in [-0.4, -0.2) is 27.7 Å². The van der Waals surface area contributed by atoms with Crippen molar-refractivity contribution < 1.29 is 4.43 Å². The highest BCUT2D eigenvalue weighted by Crippen LogP contribution is 2.01. The predicted octanol–water partition coefficient (Wildman–Crippen LogP) is 3.49. The molecule has 14 heavy (non-hydrogen) atoms. The van der Waals surface area contributed by atoms with Gasteiger partial charge in [0.05, 0.1) is 13.2 Å².